The van der Waals surface area contributed by atoms with Gasteiger partial charge in [-0.2, -0.15) is 0 Å². The lowest BCUT2D eigenvalue weighted by molar-refractivity contribution is 0.0628. The highest BCUT2D eigenvalue weighted by Crippen LogP contribution is 2.24. The second kappa shape index (κ2) is 9.86. The normalized spacial score (nSPS) is 14.8. The Bertz CT molecular complexity index is 1230. The molecule has 0 spiro atoms. The maximum atomic E-state index is 13.1. The van der Waals surface area contributed by atoms with E-state index in [9.17, 15) is 17.6 Å². The van der Waals surface area contributed by atoms with E-state index < -0.39 is 15.8 Å². The Morgan fingerprint density at radius 1 is 1.06 bits per heavy atom. The van der Waals surface area contributed by atoms with Crippen LogP contribution in [0.1, 0.15) is 15.9 Å². The molecule has 1 amide bonds. The summed E-state index contributed by atoms with van der Waals surface area (Å²) in [6.07, 6.45) is 3.55. The predicted molar refractivity (Wildman–Crippen MR) is 124 cm³/mol. The van der Waals surface area contributed by atoms with Crippen molar-refractivity contribution in [2.45, 2.75) is 11.4 Å². The molecule has 10 heteroatoms. The molecule has 2 aromatic carbocycles. The number of benzene rings is 2. The van der Waals surface area contributed by atoms with Crippen LogP contribution in [0.3, 0.4) is 0 Å². The average molecular weight is 489 g/mol. The standard InChI is InChI=1S/C23H22ClFN4O3S/c24-22-8-7-20(33(31,32)27-19-5-3-18(25)4-6-19)14-21(22)23(30)29-12-10-28(11-13-29)16-17-2-1-9-26-15-17/h1-9,14-15,27H,10-13,16H2. The van der Waals surface area contributed by atoms with Gasteiger partial charge in [0.25, 0.3) is 15.9 Å². The number of nitrogens with one attached hydrogen (secondary N) is 1. The zero-order valence-electron chi connectivity index (χ0n) is 17.6. The van der Waals surface area contributed by atoms with E-state index in [2.05, 4.69) is 14.6 Å². The molecule has 1 aromatic heterocycles. The summed E-state index contributed by atoms with van der Waals surface area (Å²) < 4.78 is 41.0. The van der Waals surface area contributed by atoms with Crippen LogP contribution >= 0.6 is 11.6 Å². The van der Waals surface area contributed by atoms with E-state index in [4.69, 9.17) is 11.6 Å². The Labute approximate surface area is 196 Å². The first-order valence-corrected chi connectivity index (χ1v) is 12.2. The summed E-state index contributed by atoms with van der Waals surface area (Å²) in [5, 5.41) is 0.179. The molecule has 2 heterocycles. The van der Waals surface area contributed by atoms with Crippen LogP contribution < -0.4 is 4.72 Å². The number of carbonyl (C=O) groups is 1. The maximum absolute atomic E-state index is 13.1. The lowest BCUT2D eigenvalue weighted by Gasteiger charge is -2.35. The van der Waals surface area contributed by atoms with Crippen LogP contribution in [-0.4, -0.2) is 55.3 Å². The van der Waals surface area contributed by atoms with Crippen LogP contribution in [0.4, 0.5) is 10.1 Å². The van der Waals surface area contributed by atoms with Gasteiger partial charge in [0.15, 0.2) is 0 Å². The fourth-order valence-electron chi connectivity index (χ4n) is 3.60. The second-order valence-electron chi connectivity index (χ2n) is 7.68. The molecule has 0 saturated carbocycles. The highest BCUT2D eigenvalue weighted by molar-refractivity contribution is 7.92. The fraction of sp³-hybridized carbons (Fsp3) is 0.217. The average Bonchev–Trinajstić information content (AvgIpc) is 2.81. The van der Waals surface area contributed by atoms with Crippen molar-refractivity contribution in [3.63, 3.8) is 0 Å². The minimum absolute atomic E-state index is 0.102. The van der Waals surface area contributed by atoms with Crippen LogP contribution in [0.2, 0.25) is 5.02 Å². The van der Waals surface area contributed by atoms with Crippen molar-refractivity contribution in [3.05, 3.63) is 89.0 Å². The molecule has 1 saturated heterocycles. The first kappa shape index (κ1) is 23.2. The summed E-state index contributed by atoms with van der Waals surface area (Å²) >= 11 is 6.25. The zero-order valence-corrected chi connectivity index (χ0v) is 19.2. The number of hydrogen-bond acceptors (Lipinski definition) is 5. The maximum Gasteiger partial charge on any atom is 0.261 e. The zero-order chi connectivity index (χ0) is 23.4. The van der Waals surface area contributed by atoms with E-state index in [0.717, 1.165) is 24.2 Å². The summed E-state index contributed by atoms with van der Waals surface area (Å²) in [5.41, 5.74) is 1.44. The Balaban J connectivity index is 1.45. The number of amides is 1. The molecular weight excluding hydrogens is 467 g/mol. The molecule has 0 atom stereocenters. The van der Waals surface area contributed by atoms with Crippen molar-refractivity contribution in [1.82, 2.24) is 14.8 Å². The van der Waals surface area contributed by atoms with Crippen molar-refractivity contribution in [3.8, 4) is 0 Å². The largest absolute Gasteiger partial charge is 0.336 e. The van der Waals surface area contributed by atoms with Gasteiger partial charge in [-0.3, -0.25) is 19.4 Å². The van der Waals surface area contributed by atoms with E-state index in [0.29, 0.717) is 26.2 Å². The fourth-order valence-corrected chi connectivity index (χ4v) is 4.88. The summed E-state index contributed by atoms with van der Waals surface area (Å²) in [6, 6.07) is 12.9. The smallest absolute Gasteiger partial charge is 0.261 e. The number of rotatable bonds is 6. The number of piperazine rings is 1. The number of nitrogens with zero attached hydrogens (tertiary/aromatic N) is 3. The van der Waals surface area contributed by atoms with Crippen molar-refractivity contribution in [1.29, 1.82) is 0 Å². The van der Waals surface area contributed by atoms with Crippen molar-refractivity contribution < 1.29 is 17.6 Å². The Morgan fingerprint density at radius 2 is 1.79 bits per heavy atom. The molecule has 0 bridgehead atoms. The quantitative estimate of drug-likeness (QED) is 0.573. The molecule has 0 unspecified atom stereocenters. The summed E-state index contributed by atoms with van der Waals surface area (Å²) in [7, 11) is -3.99. The van der Waals surface area contributed by atoms with Gasteiger partial charge in [0.2, 0.25) is 0 Å². The number of aromatic nitrogens is 1. The third kappa shape index (κ3) is 5.68. The number of sulfonamides is 1. The summed E-state index contributed by atoms with van der Waals surface area (Å²) in [4.78, 5) is 21.0. The lowest BCUT2D eigenvalue weighted by Crippen LogP contribution is -2.48. The van der Waals surface area contributed by atoms with Gasteiger partial charge in [-0.15, -0.1) is 0 Å². The highest BCUT2D eigenvalue weighted by atomic mass is 35.5. The molecule has 1 aliphatic rings. The number of hydrogen-bond donors (Lipinski definition) is 1. The van der Waals surface area contributed by atoms with Crippen molar-refractivity contribution >= 4 is 33.2 Å². The molecule has 1 aliphatic heterocycles. The second-order valence-corrected chi connectivity index (χ2v) is 9.77. The van der Waals surface area contributed by atoms with Crippen LogP contribution in [0.25, 0.3) is 0 Å². The number of pyridine rings is 1. The Kier molecular flexibility index (Phi) is 6.92. The van der Waals surface area contributed by atoms with Gasteiger partial charge in [-0.25, -0.2) is 12.8 Å². The number of anilines is 1. The molecule has 7 nitrogen and oxygen atoms in total. The number of carbonyl (C=O) groups excluding carboxylic acids is 1. The van der Waals surface area contributed by atoms with E-state index in [-0.39, 0.29) is 27.1 Å². The highest BCUT2D eigenvalue weighted by Gasteiger charge is 2.25. The van der Waals surface area contributed by atoms with Crippen molar-refractivity contribution in [2.75, 3.05) is 30.9 Å². The van der Waals surface area contributed by atoms with Gasteiger partial charge in [0.1, 0.15) is 5.82 Å². The molecule has 1 fully saturated rings. The van der Waals surface area contributed by atoms with E-state index in [1.165, 1.54) is 30.3 Å². The molecule has 4 rings (SSSR count). The van der Waals surface area contributed by atoms with Gasteiger partial charge in [-0.05, 0) is 54.1 Å². The molecule has 3 aromatic rings. The third-order valence-electron chi connectivity index (χ3n) is 5.36. The van der Waals surface area contributed by atoms with Gasteiger partial charge in [0, 0.05) is 50.8 Å². The molecule has 0 radical (unpaired) electrons. The SMILES string of the molecule is O=C(c1cc(S(=O)(=O)Nc2ccc(F)cc2)ccc1Cl)N1CCN(Cc2cccnc2)CC1. The topological polar surface area (TPSA) is 82.6 Å². The molecule has 1 N–H and O–H groups in total. The molecule has 0 aliphatic carbocycles. The Hall–Kier alpha value is -3.01. The van der Waals surface area contributed by atoms with E-state index in [1.807, 2.05) is 18.3 Å². The van der Waals surface area contributed by atoms with Crippen LogP contribution in [0.5, 0.6) is 0 Å². The molecular formula is C23H22ClFN4O3S. The molecule has 172 valence electrons. The minimum atomic E-state index is -3.99. The van der Waals surface area contributed by atoms with Crippen LogP contribution in [-0.2, 0) is 16.6 Å². The lowest BCUT2D eigenvalue weighted by atomic mass is 10.1. The van der Waals surface area contributed by atoms with Crippen LogP contribution in [0.15, 0.2) is 71.9 Å². The monoisotopic (exact) mass is 488 g/mol. The van der Waals surface area contributed by atoms with Gasteiger partial charge in [0.05, 0.1) is 15.5 Å². The van der Waals surface area contributed by atoms with Crippen molar-refractivity contribution in [2.24, 2.45) is 0 Å². The Morgan fingerprint density at radius 3 is 2.45 bits per heavy atom. The van der Waals surface area contributed by atoms with E-state index >= 15 is 0 Å². The predicted octanol–water partition coefficient (Wildman–Crippen LogP) is 3.63. The summed E-state index contributed by atoms with van der Waals surface area (Å²) in [5.74, 6) is -0.794. The first-order valence-electron chi connectivity index (χ1n) is 10.3. The van der Waals surface area contributed by atoms with Crippen LogP contribution in [0, 0.1) is 5.82 Å². The van der Waals surface area contributed by atoms with Gasteiger partial charge >= 0.3 is 0 Å². The first-order chi connectivity index (χ1) is 15.8. The van der Waals surface area contributed by atoms with E-state index in [1.54, 1.807) is 11.1 Å². The number of halogens is 2. The third-order valence-corrected chi connectivity index (χ3v) is 7.07. The van der Waals surface area contributed by atoms with Gasteiger partial charge in [-0.1, -0.05) is 17.7 Å². The summed E-state index contributed by atoms with van der Waals surface area (Å²) in [6.45, 7) is 3.12. The van der Waals surface area contributed by atoms with Gasteiger partial charge < -0.3 is 4.90 Å². The molecule has 33 heavy (non-hydrogen) atoms. The minimum Gasteiger partial charge on any atom is -0.336 e.